The first-order chi connectivity index (χ1) is 25.6. The van der Waals surface area contributed by atoms with E-state index in [9.17, 15) is 17.6 Å². The molecule has 0 atom stereocenters. The molecular weight excluding hydrogens is 700 g/mol. The summed E-state index contributed by atoms with van der Waals surface area (Å²) in [5.41, 5.74) is 3.44. The van der Waals surface area contributed by atoms with Gasteiger partial charge in [0.15, 0.2) is 0 Å². The van der Waals surface area contributed by atoms with Gasteiger partial charge in [-0.3, -0.25) is 14.2 Å². The lowest BCUT2D eigenvalue weighted by atomic mass is 10.0. The van der Waals surface area contributed by atoms with E-state index in [2.05, 4.69) is 49.8 Å². The molecule has 2 aromatic heterocycles. The Balaban J connectivity index is 0.000000204. The van der Waals surface area contributed by atoms with Gasteiger partial charge in [0.05, 0.1) is 54.5 Å². The summed E-state index contributed by atoms with van der Waals surface area (Å²) in [6.45, 7) is 13.2. The summed E-state index contributed by atoms with van der Waals surface area (Å²) in [5, 5.41) is 29.0. The van der Waals surface area contributed by atoms with Crippen molar-refractivity contribution in [2.75, 3.05) is 84.4 Å². The number of hydrogen-bond acceptors (Lipinski definition) is 9. The van der Waals surface area contributed by atoms with Crippen LogP contribution < -0.4 is 0 Å². The second kappa shape index (κ2) is 19.2. The van der Waals surface area contributed by atoms with Gasteiger partial charge in [0.2, 0.25) is 15.9 Å². The summed E-state index contributed by atoms with van der Waals surface area (Å²) < 4.78 is 43.2. The van der Waals surface area contributed by atoms with E-state index in [4.69, 9.17) is 10.2 Å². The number of likely N-dealkylation sites (tertiary alicyclic amines) is 2. The van der Waals surface area contributed by atoms with E-state index in [1.165, 1.54) is 32.9 Å². The summed E-state index contributed by atoms with van der Waals surface area (Å²) in [6, 6.07) is 12.0. The van der Waals surface area contributed by atoms with Gasteiger partial charge >= 0.3 is 0 Å². The number of fused-ring (bicyclic) bond motifs is 2. The number of halogens is 1. The topological polar surface area (TPSA) is 140 Å². The highest BCUT2D eigenvalue weighted by Gasteiger charge is 2.26. The van der Waals surface area contributed by atoms with Crippen LogP contribution in [0.3, 0.4) is 0 Å². The molecule has 0 unspecified atom stereocenters. The van der Waals surface area contributed by atoms with Gasteiger partial charge in [-0.2, -0.15) is 10.2 Å². The smallest absolute Gasteiger partial charge is 0.224 e. The number of rotatable bonds is 15. The quantitative estimate of drug-likeness (QED) is 0.186. The molecule has 2 aliphatic rings. The molecule has 53 heavy (non-hydrogen) atoms. The highest BCUT2D eigenvalue weighted by Crippen LogP contribution is 2.28. The van der Waals surface area contributed by atoms with Gasteiger partial charge in [0.1, 0.15) is 5.82 Å². The first-order valence-electron chi connectivity index (χ1n) is 19.1. The van der Waals surface area contributed by atoms with E-state index in [-0.39, 0.29) is 43.2 Å². The van der Waals surface area contributed by atoms with Crippen LogP contribution in [0.25, 0.3) is 21.8 Å². The van der Waals surface area contributed by atoms with Crippen molar-refractivity contribution in [3.63, 3.8) is 0 Å². The maximum absolute atomic E-state index is 13.3. The van der Waals surface area contributed by atoms with Crippen LogP contribution in [0.1, 0.15) is 63.6 Å². The van der Waals surface area contributed by atoms with E-state index in [1.807, 2.05) is 29.6 Å². The standard InChI is InChI=1S/C20H30N4O2.C18H27FN4O3S/c1-3-23(20(26)8-13-25)12-11-22-9-6-18(7-10-22)24-19-5-4-16(2)14-17(19)15-21-24;1-2-22(27(25,26)12-11-24)10-9-21-7-5-17(6-8-21)23-18-4-3-16(19)13-15(18)14-20-23/h4-5,14-15,18,25H,3,6-13H2,1-2H3;3-4,13-14,17,24H,2,5-12H2,1H3. The molecule has 13 nitrogen and oxygen atoms in total. The Labute approximate surface area is 313 Å². The molecular formula is C38H57FN8O5S. The molecule has 4 aromatic rings. The minimum atomic E-state index is -3.39. The van der Waals surface area contributed by atoms with E-state index < -0.39 is 10.0 Å². The predicted octanol–water partition coefficient (Wildman–Crippen LogP) is 3.67. The average Bonchev–Trinajstić information content (AvgIpc) is 3.77. The van der Waals surface area contributed by atoms with Gasteiger partial charge in [0, 0.05) is 82.6 Å². The Kier molecular flexibility index (Phi) is 14.8. The minimum Gasteiger partial charge on any atom is -0.396 e. The number of aliphatic hydroxyl groups is 2. The van der Waals surface area contributed by atoms with Gasteiger partial charge in [-0.15, -0.1) is 0 Å². The highest BCUT2D eigenvalue weighted by molar-refractivity contribution is 7.89. The van der Waals surface area contributed by atoms with Crippen molar-refractivity contribution < 1.29 is 27.8 Å². The summed E-state index contributed by atoms with van der Waals surface area (Å²) in [6.07, 6.45) is 7.91. The van der Waals surface area contributed by atoms with E-state index >= 15 is 0 Å². The van der Waals surface area contributed by atoms with Crippen LogP contribution in [-0.2, 0) is 14.8 Å². The minimum absolute atomic E-state index is 0.0446. The molecule has 4 heterocycles. The number of aliphatic hydroxyl groups excluding tert-OH is 2. The summed E-state index contributed by atoms with van der Waals surface area (Å²) in [4.78, 5) is 18.5. The summed E-state index contributed by atoms with van der Waals surface area (Å²) >= 11 is 0. The van der Waals surface area contributed by atoms with Crippen LogP contribution in [0.4, 0.5) is 4.39 Å². The molecule has 15 heteroatoms. The molecule has 292 valence electrons. The molecule has 6 rings (SSSR count). The lowest BCUT2D eigenvalue weighted by Gasteiger charge is -2.33. The SMILES string of the molecule is CCN(CCN1CCC(n2ncc3cc(C)ccc32)CC1)C(=O)CCO.CCN(CCN1CCC(n2ncc3cc(F)ccc32)CC1)S(=O)(=O)CCO. The van der Waals surface area contributed by atoms with Crippen molar-refractivity contribution in [2.24, 2.45) is 0 Å². The molecule has 0 saturated carbocycles. The number of carbonyl (C=O) groups excluding carboxylic acids is 1. The molecule has 2 N–H and O–H groups in total. The van der Waals surface area contributed by atoms with Crippen LogP contribution in [0.5, 0.6) is 0 Å². The molecule has 2 aromatic carbocycles. The zero-order chi connectivity index (χ0) is 38.0. The molecule has 0 aliphatic carbocycles. The van der Waals surface area contributed by atoms with Crippen LogP contribution in [-0.4, -0.2) is 148 Å². The number of aromatic nitrogens is 4. The third kappa shape index (κ3) is 10.6. The molecule has 1 amide bonds. The maximum atomic E-state index is 13.3. The van der Waals surface area contributed by atoms with Gasteiger partial charge < -0.3 is 24.9 Å². The number of hydrogen-bond donors (Lipinski definition) is 2. The lowest BCUT2D eigenvalue weighted by Crippen LogP contribution is -2.42. The summed E-state index contributed by atoms with van der Waals surface area (Å²) in [7, 11) is -3.39. The van der Waals surface area contributed by atoms with Crippen molar-refractivity contribution >= 4 is 37.7 Å². The molecule has 0 bridgehead atoms. The van der Waals surface area contributed by atoms with Gasteiger partial charge in [-0.05, 0) is 69.9 Å². The zero-order valence-electron chi connectivity index (χ0n) is 31.5. The fraction of sp³-hybridized carbons (Fsp3) is 0.605. The molecule has 2 aliphatic heterocycles. The first kappa shape index (κ1) is 40.7. The van der Waals surface area contributed by atoms with Crippen molar-refractivity contribution in [3.05, 3.63) is 60.2 Å². The zero-order valence-corrected chi connectivity index (χ0v) is 32.3. The number of nitrogens with zero attached hydrogens (tertiary/aromatic N) is 8. The normalized spacial score (nSPS) is 16.7. The van der Waals surface area contributed by atoms with E-state index in [0.717, 1.165) is 75.9 Å². The lowest BCUT2D eigenvalue weighted by molar-refractivity contribution is -0.131. The number of aryl methyl sites for hydroxylation is 1. The predicted molar refractivity (Wildman–Crippen MR) is 206 cm³/mol. The van der Waals surface area contributed by atoms with Crippen molar-refractivity contribution in [1.82, 2.24) is 38.6 Å². The third-order valence-corrected chi connectivity index (χ3v) is 12.5. The average molecular weight is 757 g/mol. The fourth-order valence-electron chi connectivity index (χ4n) is 7.52. The first-order valence-corrected chi connectivity index (χ1v) is 20.7. The monoisotopic (exact) mass is 756 g/mol. The van der Waals surface area contributed by atoms with Crippen molar-refractivity contribution in [1.29, 1.82) is 0 Å². The van der Waals surface area contributed by atoms with Crippen LogP contribution in [0.2, 0.25) is 0 Å². The number of sulfonamides is 1. The molecule has 2 saturated heterocycles. The number of amides is 1. The van der Waals surface area contributed by atoms with E-state index in [1.54, 1.807) is 12.3 Å². The summed E-state index contributed by atoms with van der Waals surface area (Å²) in [5.74, 6) is -0.438. The number of likely N-dealkylation sites (N-methyl/N-ethyl adjacent to an activating group) is 2. The number of carbonyl (C=O) groups is 1. The second-order valence-corrected chi connectivity index (χ2v) is 16.2. The van der Waals surface area contributed by atoms with Crippen LogP contribution >= 0.6 is 0 Å². The van der Waals surface area contributed by atoms with Gasteiger partial charge in [-0.25, -0.2) is 17.1 Å². The molecule has 0 spiro atoms. The Morgan fingerprint density at radius 1 is 0.811 bits per heavy atom. The molecule has 2 fully saturated rings. The Hall–Kier alpha value is -3.47. The van der Waals surface area contributed by atoms with Crippen molar-refractivity contribution in [3.8, 4) is 0 Å². The second-order valence-electron chi connectivity index (χ2n) is 14.1. The maximum Gasteiger partial charge on any atom is 0.224 e. The fourth-order valence-corrected chi connectivity index (χ4v) is 8.76. The highest BCUT2D eigenvalue weighted by atomic mass is 32.2. The number of benzene rings is 2. The third-order valence-electron chi connectivity index (χ3n) is 10.6. The Morgan fingerprint density at radius 2 is 1.36 bits per heavy atom. The molecule has 0 radical (unpaired) electrons. The van der Waals surface area contributed by atoms with Gasteiger partial charge in [0.25, 0.3) is 0 Å². The van der Waals surface area contributed by atoms with Crippen LogP contribution in [0.15, 0.2) is 48.8 Å². The Morgan fingerprint density at radius 3 is 1.89 bits per heavy atom. The Bertz CT molecular complexity index is 1870. The van der Waals surface area contributed by atoms with E-state index in [0.29, 0.717) is 32.2 Å². The number of piperidine rings is 2. The van der Waals surface area contributed by atoms with Crippen molar-refractivity contribution in [2.45, 2.75) is 65.0 Å². The van der Waals surface area contributed by atoms with Gasteiger partial charge in [-0.1, -0.05) is 18.6 Å². The largest absolute Gasteiger partial charge is 0.396 e. The van der Waals surface area contributed by atoms with Crippen LogP contribution in [0, 0.1) is 12.7 Å².